The summed E-state index contributed by atoms with van der Waals surface area (Å²) in [5, 5.41) is 0. The van der Waals surface area contributed by atoms with E-state index in [0.717, 1.165) is 0 Å². The van der Waals surface area contributed by atoms with Gasteiger partial charge in [-0.2, -0.15) is 57.1 Å². The van der Waals surface area contributed by atoms with Crippen molar-refractivity contribution < 1.29 is 66.6 Å². The Morgan fingerprint density at radius 2 is 1.17 bits per heavy atom. The van der Waals surface area contributed by atoms with Crippen LogP contribution in [0.4, 0.5) is 57.1 Å². The largest absolute Gasteiger partial charge is 0.465 e. The third-order valence-corrected chi connectivity index (χ3v) is 5.71. The van der Waals surface area contributed by atoms with Gasteiger partial charge in [-0.1, -0.05) is 41.0 Å². The number of halogens is 13. The van der Waals surface area contributed by atoms with Crippen LogP contribution in [0.15, 0.2) is 0 Å². The molecule has 0 heterocycles. The maximum atomic E-state index is 13.8. The van der Waals surface area contributed by atoms with E-state index < -0.39 is 67.1 Å². The second-order valence-corrected chi connectivity index (χ2v) is 9.34. The summed E-state index contributed by atoms with van der Waals surface area (Å²) in [5.41, 5.74) is -0.349. The maximum absolute atomic E-state index is 13.8. The first-order valence-electron chi connectivity index (χ1n) is 10.4. The molecular weight excluding hydrogens is 519 g/mol. The summed E-state index contributed by atoms with van der Waals surface area (Å²) in [5.74, 6) is -39.0. The van der Waals surface area contributed by atoms with Crippen LogP contribution in [0.2, 0.25) is 0 Å². The van der Waals surface area contributed by atoms with Crippen molar-refractivity contribution in [1.82, 2.24) is 0 Å². The van der Waals surface area contributed by atoms with Crippen molar-refractivity contribution in [2.45, 2.75) is 96.1 Å². The van der Waals surface area contributed by atoms with Crippen LogP contribution in [0.3, 0.4) is 0 Å². The highest BCUT2D eigenvalue weighted by Crippen LogP contribution is 2.60. The first-order chi connectivity index (χ1) is 15.2. The lowest BCUT2D eigenvalue weighted by atomic mass is 9.77. The van der Waals surface area contributed by atoms with E-state index in [9.17, 15) is 61.9 Å². The number of ether oxygens (including phenoxy) is 1. The molecule has 0 bridgehead atoms. The van der Waals surface area contributed by atoms with Gasteiger partial charge < -0.3 is 4.74 Å². The minimum atomic E-state index is -7.92. The number of alkyl halides is 13. The molecule has 0 aliphatic carbocycles. The quantitative estimate of drug-likeness (QED) is 0.132. The summed E-state index contributed by atoms with van der Waals surface area (Å²) in [4.78, 5) is 12.2. The van der Waals surface area contributed by atoms with Crippen LogP contribution in [0.1, 0.15) is 60.3 Å². The predicted octanol–water partition coefficient (Wildman–Crippen LogP) is 8.15. The normalized spacial score (nSPS) is 16.0. The molecule has 0 spiro atoms. The third-order valence-electron chi connectivity index (χ3n) is 5.71. The van der Waals surface area contributed by atoms with Crippen molar-refractivity contribution in [1.29, 1.82) is 0 Å². The van der Waals surface area contributed by atoms with E-state index in [4.69, 9.17) is 4.74 Å². The van der Waals surface area contributed by atoms with Crippen LogP contribution < -0.4 is 0 Å². The van der Waals surface area contributed by atoms with Crippen LogP contribution >= 0.6 is 0 Å². The Bertz CT molecular complexity index is 712. The van der Waals surface area contributed by atoms with Crippen molar-refractivity contribution in [3.63, 3.8) is 0 Å². The maximum Gasteiger partial charge on any atom is 0.460 e. The zero-order chi connectivity index (χ0) is 28.5. The van der Waals surface area contributed by atoms with Gasteiger partial charge in [0.25, 0.3) is 0 Å². The number of carbonyl (C=O) groups excluding carboxylic acids is 1. The lowest BCUT2D eigenvalue weighted by molar-refractivity contribution is -0.440. The summed E-state index contributed by atoms with van der Waals surface area (Å²) in [6, 6.07) is 0. The van der Waals surface area contributed by atoms with Gasteiger partial charge in [0.1, 0.15) is 0 Å². The first kappa shape index (κ1) is 33.6. The lowest BCUT2D eigenvalue weighted by Crippen LogP contribution is -2.70. The van der Waals surface area contributed by atoms with Gasteiger partial charge in [-0.3, -0.25) is 4.79 Å². The van der Waals surface area contributed by atoms with Crippen LogP contribution in [0.5, 0.6) is 0 Å². The Kier molecular flexibility index (Phi) is 10.1. The molecule has 0 aliphatic rings. The summed E-state index contributed by atoms with van der Waals surface area (Å²) in [6.45, 7) is 7.67. The van der Waals surface area contributed by atoms with E-state index in [0.29, 0.717) is 6.42 Å². The van der Waals surface area contributed by atoms with E-state index in [-0.39, 0.29) is 17.8 Å². The van der Waals surface area contributed by atoms with Gasteiger partial charge >= 0.3 is 41.8 Å². The van der Waals surface area contributed by atoms with E-state index in [1.807, 2.05) is 20.8 Å². The Morgan fingerprint density at radius 1 is 0.743 bits per heavy atom. The fourth-order valence-corrected chi connectivity index (χ4v) is 2.86. The molecule has 0 aromatic heterocycles. The minimum absolute atomic E-state index is 0.281. The molecule has 35 heavy (non-hydrogen) atoms. The topological polar surface area (TPSA) is 26.3 Å². The van der Waals surface area contributed by atoms with Crippen molar-refractivity contribution in [3.05, 3.63) is 0 Å². The highest BCUT2D eigenvalue weighted by molar-refractivity contribution is 5.72. The zero-order valence-corrected chi connectivity index (χ0v) is 19.4. The second-order valence-electron chi connectivity index (χ2n) is 9.34. The highest BCUT2D eigenvalue weighted by atomic mass is 19.4. The number of hydrogen-bond donors (Lipinski definition) is 0. The molecule has 0 fully saturated rings. The lowest BCUT2D eigenvalue weighted by Gasteiger charge is -2.39. The van der Waals surface area contributed by atoms with Gasteiger partial charge in [0.15, 0.2) is 0 Å². The van der Waals surface area contributed by atoms with Gasteiger partial charge in [-0.05, 0) is 24.2 Å². The van der Waals surface area contributed by atoms with Crippen molar-refractivity contribution in [2.75, 3.05) is 6.61 Å². The number of hydrogen-bond acceptors (Lipinski definition) is 2. The molecule has 0 amide bonds. The van der Waals surface area contributed by atoms with E-state index in [2.05, 4.69) is 0 Å². The Morgan fingerprint density at radius 3 is 1.54 bits per heavy atom. The molecule has 0 rings (SSSR count). The van der Waals surface area contributed by atoms with E-state index >= 15 is 0 Å². The van der Waals surface area contributed by atoms with E-state index in [1.54, 1.807) is 13.8 Å². The van der Waals surface area contributed by atoms with Gasteiger partial charge in [-0.15, -0.1) is 0 Å². The molecule has 0 N–H and O–H groups in total. The van der Waals surface area contributed by atoms with Crippen LogP contribution in [0, 0.1) is 17.3 Å². The fraction of sp³-hybridized carbons (Fsp3) is 0.950. The highest BCUT2D eigenvalue weighted by Gasteiger charge is 2.90. The second kappa shape index (κ2) is 10.5. The van der Waals surface area contributed by atoms with Crippen molar-refractivity contribution >= 4 is 5.97 Å². The smallest absolute Gasteiger partial charge is 0.460 e. The van der Waals surface area contributed by atoms with Crippen LogP contribution in [-0.4, -0.2) is 48.4 Å². The third kappa shape index (κ3) is 6.66. The molecule has 1 atom stereocenters. The van der Waals surface area contributed by atoms with E-state index in [1.165, 1.54) is 0 Å². The van der Waals surface area contributed by atoms with Crippen LogP contribution in [0.25, 0.3) is 0 Å². The van der Waals surface area contributed by atoms with Gasteiger partial charge in [-0.25, -0.2) is 0 Å². The molecule has 15 heteroatoms. The van der Waals surface area contributed by atoms with Gasteiger partial charge in [0.05, 0.1) is 12.5 Å². The van der Waals surface area contributed by atoms with Crippen LogP contribution in [-0.2, 0) is 9.53 Å². The zero-order valence-electron chi connectivity index (χ0n) is 19.4. The number of rotatable bonds is 13. The molecule has 0 radical (unpaired) electrons. The minimum Gasteiger partial charge on any atom is -0.465 e. The first-order valence-corrected chi connectivity index (χ1v) is 10.4. The molecule has 0 saturated carbocycles. The number of esters is 1. The standard InChI is InChI=1S/C20H27F13O2/c1-6-14(4,5)10-12(11(2)3)13(34)35-9-7-8-15(21,22)16(23,24)17(25,26)18(27,28)19(29,30)20(31,32)33/h11-12H,6-10H2,1-5H3. The summed E-state index contributed by atoms with van der Waals surface area (Å²) >= 11 is 0. The van der Waals surface area contributed by atoms with Gasteiger partial charge in [0.2, 0.25) is 0 Å². The summed E-state index contributed by atoms with van der Waals surface area (Å²) in [6.07, 6.45) is -10.2. The molecule has 210 valence electrons. The predicted molar refractivity (Wildman–Crippen MR) is 98.0 cm³/mol. The molecule has 1 unspecified atom stereocenters. The molecule has 2 nitrogen and oxygen atoms in total. The molecule has 0 aliphatic heterocycles. The van der Waals surface area contributed by atoms with Crippen molar-refractivity contribution in [3.8, 4) is 0 Å². The van der Waals surface area contributed by atoms with Gasteiger partial charge in [0, 0.05) is 6.42 Å². The Balaban J connectivity index is 5.49. The number of carbonyl (C=O) groups is 1. The monoisotopic (exact) mass is 546 g/mol. The average molecular weight is 546 g/mol. The molecule has 0 aromatic rings. The average Bonchev–Trinajstić information content (AvgIpc) is 2.67. The summed E-state index contributed by atoms with van der Waals surface area (Å²) in [7, 11) is 0. The van der Waals surface area contributed by atoms with Crippen molar-refractivity contribution in [2.24, 2.45) is 17.3 Å². The summed E-state index contributed by atoms with van der Waals surface area (Å²) < 4.78 is 175. The Labute approximate surface area is 193 Å². The fourth-order valence-electron chi connectivity index (χ4n) is 2.86. The molecular formula is C20H27F13O2. The molecule has 0 aromatic carbocycles. The Hall–Kier alpha value is -1.44. The SMILES string of the molecule is CCC(C)(C)CC(C(=O)OCCCC(F)(F)C(F)(F)C(F)(F)C(F)(F)C(F)(F)C(F)(F)F)C(C)C. The molecule has 0 saturated heterocycles.